The second-order valence-electron chi connectivity index (χ2n) is 6.56. The quantitative estimate of drug-likeness (QED) is 0.713. The summed E-state index contributed by atoms with van der Waals surface area (Å²) in [5, 5.41) is 9.30. The molecule has 1 fully saturated rings. The van der Waals surface area contributed by atoms with Crippen LogP contribution in [0.4, 0.5) is 0 Å². The molecular weight excluding hydrogens is 382 g/mol. The Labute approximate surface area is 161 Å². The van der Waals surface area contributed by atoms with Gasteiger partial charge in [0, 0.05) is 6.54 Å². The molecule has 0 saturated carbocycles. The number of benzene rings is 1. The fourth-order valence-corrected chi connectivity index (χ4v) is 5.66. The van der Waals surface area contributed by atoms with Gasteiger partial charge < -0.3 is 5.32 Å². The van der Waals surface area contributed by atoms with Crippen LogP contribution in [0.2, 0.25) is 0 Å². The van der Waals surface area contributed by atoms with Gasteiger partial charge in [0.25, 0.3) is 5.91 Å². The lowest BCUT2D eigenvalue weighted by atomic mass is 10.2. The zero-order chi connectivity index (χ0) is 18.9. The van der Waals surface area contributed by atoms with Gasteiger partial charge in [0.1, 0.15) is 0 Å². The third-order valence-electron chi connectivity index (χ3n) is 4.59. The van der Waals surface area contributed by atoms with Crippen LogP contribution in [0.25, 0.3) is 10.6 Å². The van der Waals surface area contributed by atoms with Gasteiger partial charge in [0.15, 0.2) is 15.5 Å². The summed E-state index contributed by atoms with van der Waals surface area (Å²) in [7, 11) is -3.04. The number of nitrogens with one attached hydrogen (secondary N) is 1. The van der Waals surface area contributed by atoms with E-state index in [0.717, 1.165) is 16.1 Å². The largest absolute Gasteiger partial charge is 0.347 e. The van der Waals surface area contributed by atoms with Crippen LogP contribution in [0.5, 0.6) is 0 Å². The highest BCUT2D eigenvalue weighted by Crippen LogP contribution is 2.32. The lowest BCUT2D eigenvalue weighted by Crippen LogP contribution is -2.23. The average Bonchev–Trinajstić information content (AvgIpc) is 3.39. The first-order valence-electron chi connectivity index (χ1n) is 8.68. The van der Waals surface area contributed by atoms with Gasteiger partial charge in [0.05, 0.1) is 28.1 Å². The topological polar surface area (TPSA) is 81.1 Å². The van der Waals surface area contributed by atoms with Crippen LogP contribution in [-0.4, -0.2) is 35.6 Å². The molecule has 8 heteroatoms. The number of aromatic nitrogens is 2. The highest BCUT2D eigenvalue weighted by molar-refractivity contribution is 7.91. The van der Waals surface area contributed by atoms with Crippen molar-refractivity contribution in [3.05, 3.63) is 65.2 Å². The number of carbonyl (C=O) groups is 1. The Morgan fingerprint density at radius 3 is 2.70 bits per heavy atom. The molecule has 140 valence electrons. The predicted octanol–water partition coefficient (Wildman–Crippen LogP) is 2.90. The standard InChI is InChI=1S/C19H19N3O3S2/c23-19(20-12-14-5-2-1-3-6-14)16-11-17(18-7-4-9-26-18)22(21-16)15-8-10-27(24,25)13-15/h1-7,9,11,15H,8,10,12-13H2,(H,20,23). The number of hydrogen-bond donors (Lipinski definition) is 1. The minimum atomic E-state index is -3.04. The molecule has 0 aliphatic carbocycles. The second-order valence-corrected chi connectivity index (χ2v) is 9.74. The van der Waals surface area contributed by atoms with Crippen molar-refractivity contribution >= 4 is 27.1 Å². The maximum Gasteiger partial charge on any atom is 0.272 e. The van der Waals surface area contributed by atoms with Gasteiger partial charge in [0.2, 0.25) is 0 Å². The Hall–Kier alpha value is -2.45. The van der Waals surface area contributed by atoms with Crippen LogP contribution in [0.15, 0.2) is 53.9 Å². The second kappa shape index (κ2) is 7.28. The number of sulfone groups is 1. The maximum atomic E-state index is 12.6. The van der Waals surface area contributed by atoms with E-state index in [1.807, 2.05) is 47.8 Å². The third kappa shape index (κ3) is 3.96. The fourth-order valence-electron chi connectivity index (χ4n) is 3.23. The van der Waals surface area contributed by atoms with Crippen LogP contribution >= 0.6 is 11.3 Å². The number of amides is 1. The van der Waals surface area contributed by atoms with Gasteiger partial charge in [-0.1, -0.05) is 36.4 Å². The van der Waals surface area contributed by atoms with E-state index in [-0.39, 0.29) is 23.5 Å². The molecule has 1 saturated heterocycles. The molecule has 0 radical (unpaired) electrons. The van der Waals surface area contributed by atoms with Crippen molar-refractivity contribution in [2.24, 2.45) is 0 Å². The van der Waals surface area contributed by atoms with Crippen molar-refractivity contribution in [3.8, 4) is 10.6 Å². The molecule has 3 aromatic rings. The molecule has 27 heavy (non-hydrogen) atoms. The van der Waals surface area contributed by atoms with Crippen molar-refractivity contribution in [1.82, 2.24) is 15.1 Å². The van der Waals surface area contributed by atoms with E-state index in [1.54, 1.807) is 22.1 Å². The van der Waals surface area contributed by atoms with Crippen molar-refractivity contribution in [3.63, 3.8) is 0 Å². The molecule has 1 atom stereocenters. The monoisotopic (exact) mass is 401 g/mol. The summed E-state index contributed by atoms with van der Waals surface area (Å²) in [6.07, 6.45) is 0.521. The van der Waals surface area contributed by atoms with E-state index in [2.05, 4.69) is 10.4 Å². The minimum Gasteiger partial charge on any atom is -0.347 e. The molecular formula is C19H19N3O3S2. The van der Waals surface area contributed by atoms with Crippen molar-refractivity contribution in [2.75, 3.05) is 11.5 Å². The van der Waals surface area contributed by atoms with Crippen LogP contribution in [0.3, 0.4) is 0 Å². The smallest absolute Gasteiger partial charge is 0.272 e. The maximum absolute atomic E-state index is 12.6. The lowest BCUT2D eigenvalue weighted by molar-refractivity contribution is 0.0945. The molecule has 0 spiro atoms. The van der Waals surface area contributed by atoms with Crippen LogP contribution < -0.4 is 5.32 Å². The van der Waals surface area contributed by atoms with Gasteiger partial charge in [-0.2, -0.15) is 5.10 Å². The summed E-state index contributed by atoms with van der Waals surface area (Å²) < 4.78 is 25.5. The fraction of sp³-hybridized carbons (Fsp3) is 0.263. The molecule has 1 aliphatic rings. The zero-order valence-corrected chi connectivity index (χ0v) is 16.2. The Bertz CT molecular complexity index is 1040. The van der Waals surface area contributed by atoms with Gasteiger partial charge in [-0.05, 0) is 29.5 Å². The molecule has 2 aromatic heterocycles. The Balaban J connectivity index is 1.60. The third-order valence-corrected chi connectivity index (χ3v) is 7.23. The van der Waals surface area contributed by atoms with E-state index in [9.17, 15) is 13.2 Å². The highest BCUT2D eigenvalue weighted by atomic mass is 32.2. The number of rotatable bonds is 5. The number of thiophene rings is 1. The Kier molecular flexibility index (Phi) is 4.84. The van der Waals surface area contributed by atoms with E-state index < -0.39 is 9.84 Å². The first-order chi connectivity index (χ1) is 13.0. The first kappa shape index (κ1) is 17.9. The molecule has 6 nitrogen and oxygen atoms in total. The van der Waals surface area contributed by atoms with Gasteiger partial charge >= 0.3 is 0 Å². The first-order valence-corrected chi connectivity index (χ1v) is 11.4. The minimum absolute atomic E-state index is 0.0676. The molecule has 3 heterocycles. The number of nitrogens with zero attached hydrogens (tertiary/aromatic N) is 2. The zero-order valence-electron chi connectivity index (χ0n) is 14.5. The summed E-state index contributed by atoms with van der Waals surface area (Å²) in [6, 6.07) is 15.1. The molecule has 1 N–H and O–H groups in total. The van der Waals surface area contributed by atoms with Crippen molar-refractivity contribution in [2.45, 2.75) is 19.0 Å². The Morgan fingerprint density at radius 1 is 1.22 bits per heavy atom. The normalized spacial score (nSPS) is 18.4. The van der Waals surface area contributed by atoms with Gasteiger partial charge in [-0.15, -0.1) is 11.3 Å². The summed E-state index contributed by atoms with van der Waals surface area (Å²) in [4.78, 5) is 13.6. The number of carbonyl (C=O) groups excluding carboxylic acids is 1. The van der Waals surface area contributed by atoms with Gasteiger partial charge in [-0.3, -0.25) is 9.48 Å². The Morgan fingerprint density at radius 2 is 2.04 bits per heavy atom. The molecule has 1 aliphatic heterocycles. The molecule has 4 rings (SSSR count). The summed E-state index contributed by atoms with van der Waals surface area (Å²) >= 11 is 1.54. The average molecular weight is 402 g/mol. The molecule has 1 amide bonds. The van der Waals surface area contributed by atoms with Crippen LogP contribution in [-0.2, 0) is 16.4 Å². The SMILES string of the molecule is O=C(NCc1ccccc1)c1cc(-c2cccs2)n(C2CCS(=O)(=O)C2)n1. The van der Waals surface area contributed by atoms with E-state index >= 15 is 0 Å². The van der Waals surface area contributed by atoms with Crippen LogP contribution in [0.1, 0.15) is 28.5 Å². The highest BCUT2D eigenvalue weighted by Gasteiger charge is 2.32. The summed E-state index contributed by atoms with van der Waals surface area (Å²) in [6.45, 7) is 0.415. The van der Waals surface area contributed by atoms with E-state index in [4.69, 9.17) is 0 Å². The van der Waals surface area contributed by atoms with Crippen LogP contribution in [0, 0.1) is 0 Å². The summed E-state index contributed by atoms with van der Waals surface area (Å²) in [5.74, 6) is -0.0361. The predicted molar refractivity (Wildman–Crippen MR) is 105 cm³/mol. The lowest BCUT2D eigenvalue weighted by Gasteiger charge is -2.12. The van der Waals surface area contributed by atoms with E-state index in [1.165, 1.54) is 0 Å². The molecule has 1 unspecified atom stereocenters. The summed E-state index contributed by atoms with van der Waals surface area (Å²) in [5.41, 5.74) is 2.10. The van der Waals surface area contributed by atoms with E-state index in [0.29, 0.717) is 18.7 Å². The van der Waals surface area contributed by atoms with Crippen molar-refractivity contribution in [1.29, 1.82) is 0 Å². The van der Waals surface area contributed by atoms with Crippen molar-refractivity contribution < 1.29 is 13.2 Å². The van der Waals surface area contributed by atoms with Gasteiger partial charge in [-0.25, -0.2) is 8.42 Å². The number of hydrogen-bond acceptors (Lipinski definition) is 5. The molecule has 1 aromatic carbocycles. The molecule has 0 bridgehead atoms.